The highest BCUT2D eigenvalue weighted by atomic mass is 16.4. The summed E-state index contributed by atoms with van der Waals surface area (Å²) >= 11 is 0. The standard InChI is InChI=1S/C11H15NO2/c1-2-3-9-12(11(13)14)10-7-5-4-6-8-10/h4-8H,2-3,9H2,1H3,(H,13,14). The van der Waals surface area contributed by atoms with E-state index in [9.17, 15) is 4.79 Å². The van der Waals surface area contributed by atoms with E-state index in [2.05, 4.69) is 0 Å². The molecule has 1 amide bonds. The summed E-state index contributed by atoms with van der Waals surface area (Å²) < 4.78 is 0. The number of carbonyl (C=O) groups is 1. The Morgan fingerprint density at radius 2 is 2.00 bits per heavy atom. The number of rotatable bonds is 4. The Kier molecular flexibility index (Phi) is 3.98. The van der Waals surface area contributed by atoms with E-state index in [0.29, 0.717) is 6.54 Å². The summed E-state index contributed by atoms with van der Waals surface area (Å²) in [6.07, 6.45) is 1.00. The second-order valence-corrected chi connectivity index (χ2v) is 3.12. The molecule has 0 unspecified atom stereocenters. The van der Waals surface area contributed by atoms with Crippen LogP contribution in [0.4, 0.5) is 10.5 Å². The van der Waals surface area contributed by atoms with Gasteiger partial charge in [-0.05, 0) is 18.6 Å². The lowest BCUT2D eigenvalue weighted by Crippen LogP contribution is -2.29. The van der Waals surface area contributed by atoms with Gasteiger partial charge in [0.15, 0.2) is 0 Å². The van der Waals surface area contributed by atoms with Crippen molar-refractivity contribution in [3.05, 3.63) is 30.3 Å². The van der Waals surface area contributed by atoms with E-state index in [-0.39, 0.29) is 0 Å². The van der Waals surface area contributed by atoms with Crippen molar-refractivity contribution in [2.75, 3.05) is 11.4 Å². The summed E-state index contributed by atoms with van der Waals surface area (Å²) in [5.74, 6) is 0. The number of benzene rings is 1. The molecule has 1 aromatic carbocycles. The van der Waals surface area contributed by atoms with E-state index >= 15 is 0 Å². The number of hydrogen-bond donors (Lipinski definition) is 1. The number of hydrogen-bond acceptors (Lipinski definition) is 1. The quantitative estimate of drug-likeness (QED) is 0.798. The highest BCUT2D eigenvalue weighted by Gasteiger charge is 2.12. The number of para-hydroxylation sites is 1. The van der Waals surface area contributed by atoms with Crippen LogP contribution in [-0.4, -0.2) is 17.7 Å². The van der Waals surface area contributed by atoms with Crippen LogP contribution in [0.5, 0.6) is 0 Å². The molecule has 0 atom stereocenters. The molecule has 0 heterocycles. The van der Waals surface area contributed by atoms with Gasteiger partial charge in [-0.25, -0.2) is 4.79 Å². The smallest absolute Gasteiger partial charge is 0.411 e. The molecule has 1 aromatic rings. The van der Waals surface area contributed by atoms with Gasteiger partial charge in [0.05, 0.1) is 0 Å². The zero-order chi connectivity index (χ0) is 10.4. The van der Waals surface area contributed by atoms with Gasteiger partial charge in [-0.3, -0.25) is 4.90 Å². The van der Waals surface area contributed by atoms with Gasteiger partial charge in [0.1, 0.15) is 0 Å². The molecule has 0 bridgehead atoms. The van der Waals surface area contributed by atoms with Crippen molar-refractivity contribution in [1.82, 2.24) is 0 Å². The van der Waals surface area contributed by atoms with Crippen LogP contribution in [0, 0.1) is 0 Å². The lowest BCUT2D eigenvalue weighted by atomic mass is 10.2. The van der Waals surface area contributed by atoms with Gasteiger partial charge in [-0.15, -0.1) is 0 Å². The molecule has 0 aliphatic heterocycles. The van der Waals surface area contributed by atoms with E-state index in [1.165, 1.54) is 4.90 Å². The van der Waals surface area contributed by atoms with Crippen molar-refractivity contribution < 1.29 is 9.90 Å². The zero-order valence-corrected chi connectivity index (χ0v) is 8.31. The Balaban J connectivity index is 2.73. The Labute approximate surface area is 84.0 Å². The van der Waals surface area contributed by atoms with Gasteiger partial charge in [0, 0.05) is 12.2 Å². The van der Waals surface area contributed by atoms with Crippen LogP contribution in [0.15, 0.2) is 30.3 Å². The molecule has 0 aliphatic carbocycles. The fourth-order valence-corrected chi connectivity index (χ4v) is 1.26. The van der Waals surface area contributed by atoms with Crippen molar-refractivity contribution in [2.45, 2.75) is 19.8 Å². The van der Waals surface area contributed by atoms with Crippen LogP contribution in [0.3, 0.4) is 0 Å². The van der Waals surface area contributed by atoms with Crippen molar-refractivity contribution in [3.8, 4) is 0 Å². The van der Waals surface area contributed by atoms with Gasteiger partial charge in [0.2, 0.25) is 0 Å². The van der Waals surface area contributed by atoms with Crippen molar-refractivity contribution in [3.63, 3.8) is 0 Å². The highest BCUT2D eigenvalue weighted by molar-refractivity contribution is 5.85. The Morgan fingerprint density at radius 1 is 1.36 bits per heavy atom. The van der Waals surface area contributed by atoms with Gasteiger partial charge in [-0.1, -0.05) is 31.5 Å². The van der Waals surface area contributed by atoms with E-state index in [1.807, 2.05) is 37.3 Å². The molecule has 0 radical (unpaired) electrons. The fourth-order valence-electron chi connectivity index (χ4n) is 1.26. The van der Waals surface area contributed by atoms with E-state index in [1.54, 1.807) is 0 Å². The first-order chi connectivity index (χ1) is 6.75. The van der Waals surface area contributed by atoms with Crippen LogP contribution < -0.4 is 4.90 Å². The Hall–Kier alpha value is -1.51. The first-order valence-electron chi connectivity index (χ1n) is 4.81. The molecule has 0 saturated carbocycles. The minimum absolute atomic E-state index is 0.565. The third-order valence-corrected chi connectivity index (χ3v) is 2.03. The fraction of sp³-hybridized carbons (Fsp3) is 0.364. The first-order valence-corrected chi connectivity index (χ1v) is 4.81. The predicted molar refractivity (Wildman–Crippen MR) is 56.7 cm³/mol. The van der Waals surface area contributed by atoms with Crippen LogP contribution in [0.25, 0.3) is 0 Å². The number of amides is 1. The summed E-state index contributed by atoms with van der Waals surface area (Å²) in [6, 6.07) is 9.19. The lowest BCUT2D eigenvalue weighted by Gasteiger charge is -2.18. The predicted octanol–water partition coefficient (Wildman–Crippen LogP) is 2.97. The molecule has 0 fully saturated rings. The molecular weight excluding hydrogens is 178 g/mol. The minimum Gasteiger partial charge on any atom is -0.465 e. The van der Waals surface area contributed by atoms with Crippen molar-refractivity contribution in [1.29, 1.82) is 0 Å². The normalized spacial score (nSPS) is 9.79. The summed E-state index contributed by atoms with van der Waals surface area (Å²) in [6.45, 7) is 2.61. The summed E-state index contributed by atoms with van der Waals surface area (Å²) in [4.78, 5) is 12.3. The van der Waals surface area contributed by atoms with Crippen molar-refractivity contribution >= 4 is 11.8 Å². The maximum atomic E-state index is 10.9. The van der Waals surface area contributed by atoms with Gasteiger partial charge >= 0.3 is 6.09 Å². The SMILES string of the molecule is CCCCN(C(=O)O)c1ccccc1. The van der Waals surface area contributed by atoms with Gasteiger partial charge in [-0.2, -0.15) is 0 Å². The van der Waals surface area contributed by atoms with Crippen LogP contribution in [0.1, 0.15) is 19.8 Å². The van der Waals surface area contributed by atoms with E-state index < -0.39 is 6.09 Å². The van der Waals surface area contributed by atoms with Gasteiger partial charge in [0.25, 0.3) is 0 Å². The minimum atomic E-state index is -0.885. The number of nitrogens with zero attached hydrogens (tertiary/aromatic N) is 1. The lowest BCUT2D eigenvalue weighted by molar-refractivity contribution is 0.201. The zero-order valence-electron chi connectivity index (χ0n) is 8.31. The molecule has 14 heavy (non-hydrogen) atoms. The largest absolute Gasteiger partial charge is 0.465 e. The second kappa shape index (κ2) is 5.27. The van der Waals surface area contributed by atoms with Gasteiger partial charge < -0.3 is 5.11 Å². The average Bonchev–Trinajstić information content (AvgIpc) is 2.19. The first kappa shape index (κ1) is 10.6. The molecule has 0 aromatic heterocycles. The molecule has 0 aliphatic rings. The third-order valence-electron chi connectivity index (χ3n) is 2.03. The molecule has 3 heteroatoms. The molecule has 1 N–H and O–H groups in total. The van der Waals surface area contributed by atoms with E-state index in [0.717, 1.165) is 18.5 Å². The number of carboxylic acid groups (broad SMARTS) is 1. The van der Waals surface area contributed by atoms with Crippen LogP contribution in [0.2, 0.25) is 0 Å². The third kappa shape index (κ3) is 2.76. The molecular formula is C11H15NO2. The molecule has 3 nitrogen and oxygen atoms in total. The molecule has 0 spiro atoms. The Morgan fingerprint density at radius 3 is 2.50 bits per heavy atom. The van der Waals surface area contributed by atoms with Crippen molar-refractivity contribution in [2.24, 2.45) is 0 Å². The maximum Gasteiger partial charge on any atom is 0.411 e. The molecule has 1 rings (SSSR count). The topological polar surface area (TPSA) is 40.5 Å². The molecule has 0 saturated heterocycles. The maximum absolute atomic E-state index is 10.9. The molecule has 76 valence electrons. The monoisotopic (exact) mass is 193 g/mol. The highest BCUT2D eigenvalue weighted by Crippen LogP contribution is 2.13. The Bertz CT molecular complexity index is 285. The summed E-state index contributed by atoms with van der Waals surface area (Å²) in [5, 5.41) is 8.98. The van der Waals surface area contributed by atoms with Crippen LogP contribution in [-0.2, 0) is 0 Å². The summed E-state index contributed by atoms with van der Waals surface area (Å²) in [5.41, 5.74) is 0.744. The van der Waals surface area contributed by atoms with E-state index in [4.69, 9.17) is 5.11 Å². The number of anilines is 1. The number of unbranched alkanes of at least 4 members (excludes halogenated alkanes) is 1. The van der Waals surface area contributed by atoms with Crippen LogP contribution >= 0.6 is 0 Å². The average molecular weight is 193 g/mol. The second-order valence-electron chi connectivity index (χ2n) is 3.12. The summed E-state index contributed by atoms with van der Waals surface area (Å²) in [7, 11) is 0.